The van der Waals surface area contributed by atoms with Crippen LogP contribution in [0.25, 0.3) is 78.0 Å². The molecule has 0 amide bonds. The lowest BCUT2D eigenvalue weighted by Crippen LogP contribution is -2.10. The van der Waals surface area contributed by atoms with Crippen molar-refractivity contribution in [2.45, 2.75) is 0 Å². The van der Waals surface area contributed by atoms with Gasteiger partial charge < -0.3 is 9.32 Å². The SMILES string of the molecule is c1ccc(-c2ccc(N(c3cccc4ccccc34)c3cccc4c3oc3cc(-c5nc(-c6ccccc6)nc(-c6ccccc6)n5)ccc34)cc2)cc1. The summed E-state index contributed by atoms with van der Waals surface area (Å²) >= 11 is 0. The summed E-state index contributed by atoms with van der Waals surface area (Å²) in [6, 6.07) is 66.9. The number of hydrogen-bond donors (Lipinski definition) is 0. The maximum absolute atomic E-state index is 6.89. The number of nitrogens with zero attached hydrogens (tertiary/aromatic N) is 4. The van der Waals surface area contributed by atoms with Crippen LogP contribution in [0.15, 0.2) is 199 Å². The summed E-state index contributed by atoms with van der Waals surface area (Å²) in [6.45, 7) is 0. The highest BCUT2D eigenvalue weighted by molar-refractivity contribution is 6.12. The fourth-order valence-corrected chi connectivity index (χ4v) is 7.28. The van der Waals surface area contributed by atoms with Gasteiger partial charge in [-0.1, -0.05) is 158 Å². The van der Waals surface area contributed by atoms with Crippen LogP contribution in [0.2, 0.25) is 0 Å². The molecule has 8 aromatic carbocycles. The summed E-state index contributed by atoms with van der Waals surface area (Å²) < 4.78 is 6.89. The molecular weight excluding hydrogens is 661 g/mol. The van der Waals surface area contributed by atoms with Crippen molar-refractivity contribution in [3.8, 4) is 45.3 Å². The minimum absolute atomic E-state index is 0.584. The Balaban J connectivity index is 1.14. The van der Waals surface area contributed by atoms with Crippen molar-refractivity contribution >= 4 is 49.8 Å². The van der Waals surface area contributed by atoms with E-state index in [1.807, 2.05) is 66.7 Å². The highest BCUT2D eigenvalue weighted by atomic mass is 16.3. The third-order valence-electron chi connectivity index (χ3n) is 9.92. The molecule has 0 N–H and O–H groups in total. The van der Waals surface area contributed by atoms with Crippen LogP contribution in [0.3, 0.4) is 0 Å². The van der Waals surface area contributed by atoms with E-state index in [0.717, 1.165) is 66.6 Å². The van der Waals surface area contributed by atoms with Crippen LogP contribution in [0.4, 0.5) is 17.1 Å². The van der Waals surface area contributed by atoms with E-state index in [4.69, 9.17) is 19.4 Å². The number of benzene rings is 8. The molecule has 0 saturated carbocycles. The van der Waals surface area contributed by atoms with Crippen LogP contribution in [-0.2, 0) is 0 Å². The fraction of sp³-hybridized carbons (Fsp3) is 0. The van der Waals surface area contributed by atoms with Crippen LogP contribution >= 0.6 is 0 Å². The zero-order valence-corrected chi connectivity index (χ0v) is 29.2. The first-order chi connectivity index (χ1) is 26.8. The Morgan fingerprint density at radius 2 is 0.852 bits per heavy atom. The highest BCUT2D eigenvalue weighted by Crippen LogP contribution is 2.45. The molecule has 2 heterocycles. The van der Waals surface area contributed by atoms with Gasteiger partial charge in [-0.25, -0.2) is 15.0 Å². The molecule has 5 heteroatoms. The maximum atomic E-state index is 6.89. The molecule has 0 saturated heterocycles. The minimum Gasteiger partial charge on any atom is -0.454 e. The van der Waals surface area contributed by atoms with Gasteiger partial charge in [0, 0.05) is 38.5 Å². The maximum Gasteiger partial charge on any atom is 0.164 e. The summed E-state index contributed by atoms with van der Waals surface area (Å²) in [6.07, 6.45) is 0. The van der Waals surface area contributed by atoms with Crippen LogP contribution in [0.5, 0.6) is 0 Å². The third kappa shape index (κ3) is 5.65. The average Bonchev–Trinajstić information content (AvgIpc) is 3.64. The predicted octanol–water partition coefficient (Wildman–Crippen LogP) is 13.1. The number of aromatic nitrogens is 3. The predicted molar refractivity (Wildman–Crippen MR) is 221 cm³/mol. The fourth-order valence-electron chi connectivity index (χ4n) is 7.28. The lowest BCUT2D eigenvalue weighted by atomic mass is 10.0. The molecule has 0 atom stereocenters. The van der Waals surface area contributed by atoms with E-state index >= 15 is 0 Å². The van der Waals surface area contributed by atoms with E-state index < -0.39 is 0 Å². The first kappa shape index (κ1) is 31.4. The van der Waals surface area contributed by atoms with E-state index in [-0.39, 0.29) is 0 Å². The van der Waals surface area contributed by atoms with Gasteiger partial charge >= 0.3 is 0 Å². The van der Waals surface area contributed by atoms with Gasteiger partial charge in [0.05, 0.1) is 11.4 Å². The van der Waals surface area contributed by atoms with Gasteiger partial charge in [0.25, 0.3) is 0 Å². The van der Waals surface area contributed by atoms with Crippen LogP contribution in [-0.4, -0.2) is 15.0 Å². The van der Waals surface area contributed by atoms with Crippen molar-refractivity contribution in [1.82, 2.24) is 15.0 Å². The Morgan fingerprint density at radius 1 is 0.352 bits per heavy atom. The molecule has 0 radical (unpaired) electrons. The second-order valence-electron chi connectivity index (χ2n) is 13.3. The van der Waals surface area contributed by atoms with Gasteiger partial charge in [0.1, 0.15) is 5.58 Å². The molecule has 0 unspecified atom stereocenters. The number of para-hydroxylation sites is 1. The van der Waals surface area contributed by atoms with Gasteiger partial charge in [-0.3, -0.25) is 0 Å². The van der Waals surface area contributed by atoms with Crippen LogP contribution in [0.1, 0.15) is 0 Å². The van der Waals surface area contributed by atoms with E-state index in [1.54, 1.807) is 0 Å². The summed E-state index contributed by atoms with van der Waals surface area (Å²) in [7, 11) is 0. The second-order valence-corrected chi connectivity index (χ2v) is 13.3. The van der Waals surface area contributed by atoms with E-state index in [2.05, 4.69) is 132 Å². The van der Waals surface area contributed by atoms with E-state index in [1.165, 1.54) is 10.9 Å². The van der Waals surface area contributed by atoms with E-state index in [9.17, 15) is 0 Å². The summed E-state index contributed by atoms with van der Waals surface area (Å²) in [4.78, 5) is 17.1. The first-order valence-corrected chi connectivity index (χ1v) is 18.0. The van der Waals surface area contributed by atoms with Crippen LogP contribution < -0.4 is 4.90 Å². The lowest BCUT2D eigenvalue weighted by molar-refractivity contribution is 0.669. The Kier molecular flexibility index (Phi) is 7.73. The number of furan rings is 1. The van der Waals surface area contributed by atoms with Gasteiger partial charge in [0.15, 0.2) is 23.1 Å². The molecule has 0 fully saturated rings. The van der Waals surface area contributed by atoms with Crippen molar-refractivity contribution in [2.24, 2.45) is 0 Å². The molecular formula is C49H32N4O. The molecule has 5 nitrogen and oxygen atoms in total. The molecule has 0 bridgehead atoms. The minimum atomic E-state index is 0.584. The van der Waals surface area contributed by atoms with Crippen molar-refractivity contribution in [1.29, 1.82) is 0 Å². The van der Waals surface area contributed by atoms with Gasteiger partial charge in [-0.2, -0.15) is 0 Å². The normalized spacial score (nSPS) is 11.3. The van der Waals surface area contributed by atoms with Gasteiger partial charge in [-0.15, -0.1) is 0 Å². The van der Waals surface area contributed by atoms with E-state index in [0.29, 0.717) is 17.5 Å². The highest BCUT2D eigenvalue weighted by Gasteiger charge is 2.22. The van der Waals surface area contributed by atoms with Crippen molar-refractivity contribution in [3.05, 3.63) is 194 Å². The Hall–Kier alpha value is -7.37. The Morgan fingerprint density at radius 3 is 1.54 bits per heavy atom. The largest absolute Gasteiger partial charge is 0.454 e. The lowest BCUT2D eigenvalue weighted by Gasteiger charge is -2.27. The van der Waals surface area contributed by atoms with Crippen LogP contribution in [0, 0.1) is 0 Å². The molecule has 10 aromatic rings. The molecule has 54 heavy (non-hydrogen) atoms. The standard InChI is InChI=1S/C49H32N4O/c1-4-14-33(15-5-1)34-26-29-39(30-27-34)53(43-24-12-21-35-16-10-11-22-40(35)43)44-25-13-23-42-41-31-28-38(32-45(41)54-46(42)44)49-51-47(36-17-6-2-7-18-36)50-48(52-49)37-19-8-3-9-20-37/h1-32H. The number of hydrogen-bond acceptors (Lipinski definition) is 5. The topological polar surface area (TPSA) is 55.1 Å². The number of rotatable bonds is 7. The number of fused-ring (bicyclic) bond motifs is 4. The quantitative estimate of drug-likeness (QED) is 0.166. The Bertz CT molecular complexity index is 2860. The third-order valence-corrected chi connectivity index (χ3v) is 9.92. The number of anilines is 3. The zero-order chi connectivity index (χ0) is 35.8. The van der Waals surface area contributed by atoms with Gasteiger partial charge in [0.2, 0.25) is 0 Å². The monoisotopic (exact) mass is 692 g/mol. The summed E-state index contributed by atoms with van der Waals surface area (Å²) in [5.41, 5.74) is 9.67. The molecule has 254 valence electrons. The van der Waals surface area contributed by atoms with Gasteiger partial charge in [-0.05, 0) is 52.9 Å². The molecule has 0 aliphatic heterocycles. The smallest absolute Gasteiger partial charge is 0.164 e. The molecule has 0 spiro atoms. The molecule has 2 aromatic heterocycles. The van der Waals surface area contributed by atoms with Crippen molar-refractivity contribution < 1.29 is 4.42 Å². The van der Waals surface area contributed by atoms with Crippen molar-refractivity contribution in [2.75, 3.05) is 4.90 Å². The molecule has 0 aliphatic carbocycles. The Labute approximate surface area is 312 Å². The molecule has 10 rings (SSSR count). The summed E-state index contributed by atoms with van der Waals surface area (Å²) in [5.74, 6) is 1.83. The zero-order valence-electron chi connectivity index (χ0n) is 29.2. The van der Waals surface area contributed by atoms with Crippen molar-refractivity contribution in [3.63, 3.8) is 0 Å². The second kappa shape index (κ2) is 13.3. The summed E-state index contributed by atoms with van der Waals surface area (Å²) in [5, 5.41) is 4.38. The molecule has 0 aliphatic rings. The average molecular weight is 693 g/mol. The first-order valence-electron chi connectivity index (χ1n) is 18.0.